The van der Waals surface area contributed by atoms with Crippen molar-refractivity contribution < 1.29 is 9.53 Å². The minimum atomic E-state index is 0.0111. The molecular weight excluding hydrogens is 310 g/mol. The first-order valence-electron chi connectivity index (χ1n) is 8.56. The van der Waals surface area contributed by atoms with Crippen molar-refractivity contribution in [2.45, 2.75) is 51.1 Å². The third-order valence-corrected chi connectivity index (χ3v) is 5.93. The average Bonchev–Trinajstić information content (AvgIpc) is 2.92. The Balaban J connectivity index is 1.72. The summed E-state index contributed by atoms with van der Waals surface area (Å²) < 4.78 is 5.24. The van der Waals surface area contributed by atoms with Crippen LogP contribution in [0.3, 0.4) is 0 Å². The maximum atomic E-state index is 12.5. The van der Waals surface area contributed by atoms with Crippen molar-refractivity contribution in [1.82, 2.24) is 14.8 Å². The lowest BCUT2D eigenvalue weighted by Gasteiger charge is -2.52. The fraction of sp³-hybridized carbons (Fsp3) is 0.765. The number of hydrogen-bond donors (Lipinski definition) is 0. The minimum absolute atomic E-state index is 0.0111. The minimum Gasteiger partial charge on any atom is -0.383 e. The van der Waals surface area contributed by atoms with Gasteiger partial charge in [-0.05, 0) is 39.2 Å². The van der Waals surface area contributed by atoms with Crippen molar-refractivity contribution in [3.8, 4) is 0 Å². The topological polar surface area (TPSA) is 45.7 Å². The van der Waals surface area contributed by atoms with E-state index in [4.69, 9.17) is 4.74 Å². The lowest BCUT2D eigenvalue weighted by molar-refractivity contribution is -0.147. The van der Waals surface area contributed by atoms with E-state index >= 15 is 0 Å². The smallest absolute Gasteiger partial charge is 0.223 e. The molecule has 0 unspecified atom stereocenters. The van der Waals surface area contributed by atoms with E-state index in [1.54, 1.807) is 18.4 Å². The molecule has 2 aliphatic rings. The van der Waals surface area contributed by atoms with Crippen LogP contribution in [0, 0.1) is 6.92 Å². The van der Waals surface area contributed by atoms with Crippen molar-refractivity contribution in [3.63, 3.8) is 0 Å². The van der Waals surface area contributed by atoms with Gasteiger partial charge in [0.1, 0.15) is 0 Å². The average molecular weight is 337 g/mol. The van der Waals surface area contributed by atoms with Crippen molar-refractivity contribution >= 4 is 17.2 Å². The summed E-state index contributed by atoms with van der Waals surface area (Å²) in [5.41, 5.74) is 1.17. The molecule has 1 amide bonds. The molecule has 0 N–H and O–H groups in total. The Labute approximate surface area is 142 Å². The predicted molar refractivity (Wildman–Crippen MR) is 91.5 cm³/mol. The zero-order chi connectivity index (χ0) is 16.3. The molecule has 128 valence electrons. The molecule has 0 bridgehead atoms. The second kappa shape index (κ2) is 7.28. The molecule has 1 aromatic rings. The normalized spacial score (nSPS) is 26.2. The van der Waals surface area contributed by atoms with Gasteiger partial charge in [-0.2, -0.15) is 0 Å². The lowest BCUT2D eigenvalue weighted by Crippen LogP contribution is -2.62. The maximum absolute atomic E-state index is 12.5. The number of nitrogens with zero attached hydrogens (tertiary/aromatic N) is 3. The van der Waals surface area contributed by atoms with E-state index in [0.717, 1.165) is 62.6 Å². The fourth-order valence-electron chi connectivity index (χ4n) is 4.12. The molecule has 1 atom stereocenters. The van der Waals surface area contributed by atoms with Crippen LogP contribution in [0.25, 0.3) is 0 Å². The predicted octanol–water partition coefficient (Wildman–Crippen LogP) is 2.45. The van der Waals surface area contributed by atoms with Gasteiger partial charge in [-0.25, -0.2) is 4.98 Å². The van der Waals surface area contributed by atoms with E-state index in [1.165, 1.54) is 0 Å². The van der Waals surface area contributed by atoms with E-state index in [-0.39, 0.29) is 5.54 Å². The van der Waals surface area contributed by atoms with Crippen LogP contribution in [0.15, 0.2) is 5.38 Å². The van der Waals surface area contributed by atoms with Crippen molar-refractivity contribution in [3.05, 3.63) is 16.1 Å². The van der Waals surface area contributed by atoms with Gasteiger partial charge < -0.3 is 9.64 Å². The Morgan fingerprint density at radius 3 is 2.96 bits per heavy atom. The summed E-state index contributed by atoms with van der Waals surface area (Å²) in [6.07, 6.45) is 5.10. The molecule has 2 fully saturated rings. The number of piperidine rings is 2. The molecule has 5 nitrogen and oxygen atoms in total. The van der Waals surface area contributed by atoms with Gasteiger partial charge in [0.15, 0.2) is 0 Å². The second-order valence-corrected chi connectivity index (χ2v) is 7.85. The molecule has 6 heteroatoms. The number of rotatable bonds is 5. The second-order valence-electron chi connectivity index (χ2n) is 6.79. The highest BCUT2D eigenvalue weighted by atomic mass is 32.1. The number of carbonyl (C=O) groups excluding carboxylic acids is 1. The number of methoxy groups -OCH3 is 1. The molecule has 3 rings (SSSR count). The van der Waals surface area contributed by atoms with E-state index in [0.29, 0.717) is 18.9 Å². The third-order valence-electron chi connectivity index (χ3n) is 5.11. The first kappa shape index (κ1) is 16.9. The summed E-state index contributed by atoms with van der Waals surface area (Å²) in [4.78, 5) is 21.7. The van der Waals surface area contributed by atoms with Crippen LogP contribution in [0.4, 0.5) is 0 Å². The molecule has 2 saturated heterocycles. The Morgan fingerprint density at radius 2 is 2.22 bits per heavy atom. The van der Waals surface area contributed by atoms with Gasteiger partial charge >= 0.3 is 0 Å². The van der Waals surface area contributed by atoms with E-state index in [1.807, 2.05) is 0 Å². The highest BCUT2D eigenvalue weighted by Crippen LogP contribution is 2.37. The largest absolute Gasteiger partial charge is 0.383 e. The Kier molecular flexibility index (Phi) is 5.34. The van der Waals surface area contributed by atoms with Crippen LogP contribution in [0.5, 0.6) is 0 Å². The first-order chi connectivity index (χ1) is 11.1. The number of likely N-dealkylation sites (tertiary alicyclic amines) is 2. The Morgan fingerprint density at radius 1 is 1.39 bits per heavy atom. The zero-order valence-corrected chi connectivity index (χ0v) is 15.0. The van der Waals surface area contributed by atoms with Crippen molar-refractivity contribution in [2.24, 2.45) is 0 Å². The van der Waals surface area contributed by atoms with E-state index in [9.17, 15) is 4.79 Å². The number of hydrogen-bond acceptors (Lipinski definition) is 5. The number of aryl methyl sites for hydroxylation is 1. The fourth-order valence-corrected chi connectivity index (χ4v) is 4.73. The lowest BCUT2D eigenvalue weighted by atomic mass is 9.79. The van der Waals surface area contributed by atoms with Crippen molar-refractivity contribution in [2.75, 3.05) is 33.4 Å². The molecule has 3 heterocycles. The van der Waals surface area contributed by atoms with Gasteiger partial charge in [0, 0.05) is 38.5 Å². The third kappa shape index (κ3) is 3.75. The van der Waals surface area contributed by atoms with Gasteiger partial charge in [0.2, 0.25) is 5.91 Å². The Hall–Kier alpha value is -0.980. The maximum Gasteiger partial charge on any atom is 0.223 e. The Bertz CT molecular complexity index is 544. The summed E-state index contributed by atoms with van der Waals surface area (Å²) in [7, 11) is 1.71. The zero-order valence-electron chi connectivity index (χ0n) is 14.2. The summed E-state index contributed by atoms with van der Waals surface area (Å²) in [5.74, 6) is 0.305. The van der Waals surface area contributed by atoms with Crippen molar-refractivity contribution in [1.29, 1.82) is 0 Å². The number of carbonyl (C=O) groups is 1. The van der Waals surface area contributed by atoms with Gasteiger partial charge in [-0.15, -0.1) is 11.3 Å². The molecule has 0 radical (unpaired) electrons. The molecule has 23 heavy (non-hydrogen) atoms. The highest BCUT2D eigenvalue weighted by Gasteiger charge is 2.44. The number of thiazole rings is 1. The van der Waals surface area contributed by atoms with E-state index < -0.39 is 0 Å². The van der Waals surface area contributed by atoms with Crippen LogP contribution >= 0.6 is 11.3 Å². The molecule has 0 aliphatic carbocycles. The van der Waals surface area contributed by atoms with Crippen LogP contribution in [0.2, 0.25) is 0 Å². The number of aromatic nitrogens is 1. The summed E-state index contributed by atoms with van der Waals surface area (Å²) >= 11 is 1.71. The van der Waals surface area contributed by atoms with Gasteiger partial charge in [0.25, 0.3) is 0 Å². The molecule has 0 saturated carbocycles. The molecule has 1 aromatic heterocycles. The van der Waals surface area contributed by atoms with Gasteiger partial charge in [0.05, 0.1) is 22.8 Å². The van der Waals surface area contributed by atoms with Crippen LogP contribution in [-0.2, 0) is 16.1 Å². The molecular formula is C17H27N3O2S. The monoisotopic (exact) mass is 337 g/mol. The van der Waals surface area contributed by atoms with Crippen LogP contribution in [0.1, 0.15) is 42.8 Å². The molecule has 1 spiro atoms. The summed E-state index contributed by atoms with van der Waals surface area (Å²) in [6, 6.07) is 0. The molecule has 2 aliphatic heterocycles. The van der Waals surface area contributed by atoms with E-state index in [2.05, 4.69) is 27.1 Å². The summed E-state index contributed by atoms with van der Waals surface area (Å²) in [6.45, 7) is 6.37. The number of ether oxygens (including phenoxy) is 1. The first-order valence-corrected chi connectivity index (χ1v) is 9.44. The van der Waals surface area contributed by atoms with Crippen LogP contribution < -0.4 is 0 Å². The van der Waals surface area contributed by atoms with Crippen LogP contribution in [-0.4, -0.2) is 59.6 Å². The number of amides is 1. The highest BCUT2D eigenvalue weighted by molar-refractivity contribution is 7.09. The summed E-state index contributed by atoms with van der Waals surface area (Å²) in [5, 5.41) is 3.28. The standard InChI is InChI=1S/C17H27N3O2S/c1-14-18-15(12-23-14)11-19-8-4-7-17(13-19)6-3-5-16(21)20(17)9-10-22-2/h12H,3-11,13H2,1-2H3/t17-/m1/s1. The van der Waals surface area contributed by atoms with Gasteiger partial charge in [-0.1, -0.05) is 0 Å². The van der Waals surface area contributed by atoms with Gasteiger partial charge in [-0.3, -0.25) is 9.69 Å². The SMILES string of the molecule is COCCN1C(=O)CCC[C@]12CCCN(Cc1csc(C)n1)C2. The quantitative estimate of drug-likeness (QED) is 0.828. The molecule has 0 aromatic carbocycles.